The number of hydrogen-bond acceptors (Lipinski definition) is 4. The maximum Gasteiger partial charge on any atom is 0.283 e. The van der Waals surface area contributed by atoms with Gasteiger partial charge in [0.05, 0.1) is 0 Å². The molecule has 104 valence electrons. The molecule has 1 aliphatic rings. The second-order valence-corrected chi connectivity index (χ2v) is 6.16. The molecule has 1 aliphatic heterocycles. The first kappa shape index (κ1) is 14.0. The molecule has 0 aromatic heterocycles. The molecule has 1 aromatic carbocycles. The van der Waals surface area contributed by atoms with Crippen LogP contribution >= 0.6 is 0 Å². The van der Waals surface area contributed by atoms with Crippen LogP contribution < -0.4 is 5.32 Å². The molecule has 0 saturated heterocycles. The van der Waals surface area contributed by atoms with Crippen LogP contribution in [0.2, 0.25) is 0 Å². The predicted octanol–water partition coefficient (Wildman–Crippen LogP) is 0.250. The minimum atomic E-state index is -4.19. The van der Waals surface area contributed by atoms with Gasteiger partial charge in [-0.25, -0.2) is 0 Å². The van der Waals surface area contributed by atoms with Crippen LogP contribution in [0.4, 0.5) is 0 Å². The van der Waals surface area contributed by atoms with E-state index < -0.39 is 21.9 Å². The van der Waals surface area contributed by atoms with E-state index in [-0.39, 0.29) is 0 Å². The van der Waals surface area contributed by atoms with Crippen molar-refractivity contribution >= 4 is 16.0 Å². The highest BCUT2D eigenvalue weighted by Crippen LogP contribution is 2.19. The lowest BCUT2D eigenvalue weighted by atomic mass is 9.97. The Morgan fingerprint density at radius 1 is 1.42 bits per heavy atom. The second kappa shape index (κ2) is 5.28. The largest absolute Gasteiger partial charge is 0.336 e. The van der Waals surface area contributed by atoms with E-state index in [0.29, 0.717) is 5.56 Å². The van der Waals surface area contributed by atoms with Gasteiger partial charge < -0.3 is 10.2 Å². The minimum absolute atomic E-state index is 0.409. The molecule has 0 bridgehead atoms. The summed E-state index contributed by atoms with van der Waals surface area (Å²) in [5.74, 6) is -1.27. The highest BCUT2D eigenvalue weighted by molar-refractivity contribution is 7.85. The Morgan fingerprint density at radius 2 is 2.16 bits per heavy atom. The fourth-order valence-electron chi connectivity index (χ4n) is 2.09. The lowest BCUT2D eigenvalue weighted by Gasteiger charge is -2.25. The first-order valence-electron chi connectivity index (χ1n) is 5.89. The van der Waals surface area contributed by atoms with Crippen molar-refractivity contribution in [3.63, 3.8) is 0 Å². The number of carbonyl (C=O) groups excluding carboxylic acids is 1. The lowest BCUT2D eigenvalue weighted by molar-refractivity contribution is 0.0958. The zero-order chi connectivity index (χ0) is 14.0. The van der Waals surface area contributed by atoms with Crippen LogP contribution in [0, 0.1) is 0 Å². The van der Waals surface area contributed by atoms with E-state index in [4.69, 9.17) is 4.55 Å². The van der Waals surface area contributed by atoms with Gasteiger partial charge in [-0.2, -0.15) is 8.42 Å². The highest BCUT2D eigenvalue weighted by Gasteiger charge is 2.16. The molecule has 7 heteroatoms. The summed E-state index contributed by atoms with van der Waals surface area (Å²) in [5, 5.41) is 2.17. The third kappa shape index (κ3) is 3.76. The Labute approximate surface area is 112 Å². The van der Waals surface area contributed by atoms with Crippen LogP contribution in [0.1, 0.15) is 21.5 Å². The van der Waals surface area contributed by atoms with E-state index in [1.165, 1.54) is 5.56 Å². The molecule has 1 heterocycles. The molecule has 1 aromatic rings. The molecule has 2 rings (SSSR count). The molecule has 0 aliphatic carbocycles. The third-order valence-electron chi connectivity index (χ3n) is 3.09. The standard InChI is InChI=1S/C12H16N2O4S/c1-14-5-4-9-6-10(2-3-11(9)7-14)12(15)13-8-19(16,17)18/h2-3,6H,4-5,7-8H2,1H3,(H,13,15)(H,16,17,18). The average molecular weight is 284 g/mol. The number of rotatable bonds is 3. The summed E-state index contributed by atoms with van der Waals surface area (Å²) in [4.78, 5) is 13.9. The predicted molar refractivity (Wildman–Crippen MR) is 70.4 cm³/mol. The summed E-state index contributed by atoms with van der Waals surface area (Å²) in [7, 11) is -2.15. The van der Waals surface area contributed by atoms with Crippen molar-refractivity contribution in [1.29, 1.82) is 0 Å². The van der Waals surface area contributed by atoms with Crippen LogP contribution in [0.15, 0.2) is 18.2 Å². The zero-order valence-corrected chi connectivity index (χ0v) is 11.4. The summed E-state index contributed by atoms with van der Waals surface area (Å²) >= 11 is 0. The van der Waals surface area contributed by atoms with Gasteiger partial charge >= 0.3 is 0 Å². The smallest absolute Gasteiger partial charge is 0.283 e. The molecule has 0 atom stereocenters. The van der Waals surface area contributed by atoms with Crippen LogP contribution in [0.3, 0.4) is 0 Å². The van der Waals surface area contributed by atoms with Gasteiger partial charge in [0, 0.05) is 18.7 Å². The fourth-order valence-corrected chi connectivity index (χ4v) is 2.41. The average Bonchev–Trinajstić information content (AvgIpc) is 2.34. The molecule has 0 radical (unpaired) electrons. The summed E-state index contributed by atoms with van der Waals surface area (Å²) in [6, 6.07) is 5.33. The van der Waals surface area contributed by atoms with E-state index in [1.54, 1.807) is 12.1 Å². The molecular weight excluding hydrogens is 268 g/mol. The Bertz CT molecular complexity index is 598. The van der Waals surface area contributed by atoms with Crippen LogP contribution in [-0.2, 0) is 23.1 Å². The molecule has 1 amide bonds. The van der Waals surface area contributed by atoms with Gasteiger partial charge in [-0.3, -0.25) is 9.35 Å². The number of fused-ring (bicyclic) bond motifs is 1. The quantitative estimate of drug-likeness (QED) is 0.777. The Hall–Kier alpha value is -1.44. The highest BCUT2D eigenvalue weighted by atomic mass is 32.2. The zero-order valence-electron chi connectivity index (χ0n) is 10.6. The number of benzene rings is 1. The van der Waals surface area contributed by atoms with Gasteiger partial charge in [-0.1, -0.05) is 6.07 Å². The van der Waals surface area contributed by atoms with E-state index in [0.717, 1.165) is 25.1 Å². The lowest BCUT2D eigenvalue weighted by Crippen LogP contribution is -2.30. The molecule has 2 N–H and O–H groups in total. The fraction of sp³-hybridized carbons (Fsp3) is 0.417. The third-order valence-corrected chi connectivity index (χ3v) is 3.60. The van der Waals surface area contributed by atoms with Crippen molar-refractivity contribution in [3.8, 4) is 0 Å². The first-order chi connectivity index (χ1) is 8.85. The number of carbonyl (C=O) groups is 1. The van der Waals surface area contributed by atoms with Gasteiger partial charge in [0.1, 0.15) is 5.88 Å². The Morgan fingerprint density at radius 3 is 2.84 bits per heavy atom. The molecular formula is C12H16N2O4S. The van der Waals surface area contributed by atoms with Crippen molar-refractivity contribution in [1.82, 2.24) is 10.2 Å². The summed E-state index contributed by atoms with van der Waals surface area (Å²) < 4.78 is 29.7. The number of amides is 1. The van der Waals surface area contributed by atoms with Gasteiger partial charge in [-0.15, -0.1) is 0 Å². The Kier molecular flexibility index (Phi) is 3.88. The maximum absolute atomic E-state index is 11.7. The second-order valence-electron chi connectivity index (χ2n) is 4.70. The van der Waals surface area contributed by atoms with Crippen molar-refractivity contribution in [2.45, 2.75) is 13.0 Å². The summed E-state index contributed by atoms with van der Waals surface area (Å²) in [6.45, 7) is 1.78. The molecule has 0 fully saturated rings. The van der Waals surface area contributed by atoms with Crippen LogP contribution in [0.5, 0.6) is 0 Å². The monoisotopic (exact) mass is 284 g/mol. The van der Waals surface area contributed by atoms with Crippen molar-refractivity contribution in [3.05, 3.63) is 34.9 Å². The molecule has 19 heavy (non-hydrogen) atoms. The van der Waals surface area contributed by atoms with Crippen LogP contribution in [0.25, 0.3) is 0 Å². The molecule has 0 saturated carbocycles. The number of nitrogens with one attached hydrogen (secondary N) is 1. The van der Waals surface area contributed by atoms with Crippen LogP contribution in [-0.4, -0.2) is 43.2 Å². The van der Waals surface area contributed by atoms with Gasteiger partial charge in [0.15, 0.2) is 0 Å². The number of likely N-dealkylation sites (N-methyl/N-ethyl adjacent to an activating group) is 1. The van der Waals surface area contributed by atoms with E-state index >= 15 is 0 Å². The SMILES string of the molecule is CN1CCc2cc(C(=O)NCS(=O)(=O)O)ccc2C1. The maximum atomic E-state index is 11.7. The first-order valence-corrected chi connectivity index (χ1v) is 7.50. The van der Waals surface area contributed by atoms with Gasteiger partial charge in [0.2, 0.25) is 0 Å². The molecule has 0 spiro atoms. The topological polar surface area (TPSA) is 86.7 Å². The molecule has 6 nitrogen and oxygen atoms in total. The van der Waals surface area contributed by atoms with Crippen molar-refractivity contribution < 1.29 is 17.8 Å². The van der Waals surface area contributed by atoms with Gasteiger partial charge in [0.25, 0.3) is 16.0 Å². The Balaban J connectivity index is 2.12. The summed E-state index contributed by atoms with van der Waals surface area (Å²) in [5.41, 5.74) is 2.70. The van der Waals surface area contributed by atoms with Crippen molar-refractivity contribution in [2.75, 3.05) is 19.5 Å². The minimum Gasteiger partial charge on any atom is -0.336 e. The number of nitrogens with zero attached hydrogens (tertiary/aromatic N) is 1. The van der Waals surface area contributed by atoms with Crippen molar-refractivity contribution in [2.24, 2.45) is 0 Å². The van der Waals surface area contributed by atoms with E-state index in [9.17, 15) is 13.2 Å². The van der Waals surface area contributed by atoms with E-state index in [2.05, 4.69) is 10.2 Å². The van der Waals surface area contributed by atoms with E-state index in [1.807, 2.05) is 13.1 Å². The normalized spacial score (nSPS) is 15.9. The van der Waals surface area contributed by atoms with Gasteiger partial charge in [-0.05, 0) is 36.7 Å². The molecule has 0 unspecified atom stereocenters. The number of hydrogen-bond donors (Lipinski definition) is 2. The summed E-state index contributed by atoms with van der Waals surface area (Å²) in [6.07, 6.45) is 0.866.